The van der Waals surface area contributed by atoms with Gasteiger partial charge in [-0.1, -0.05) is 30.4 Å². The third kappa shape index (κ3) is 2.52. The second-order valence-corrected chi connectivity index (χ2v) is 6.57. The van der Waals surface area contributed by atoms with Gasteiger partial charge in [-0.3, -0.25) is 14.4 Å². The molecule has 138 valence electrons. The van der Waals surface area contributed by atoms with Gasteiger partial charge < -0.3 is 9.52 Å². The molecule has 2 aromatic carbocycles. The Kier molecular flexibility index (Phi) is 4.08. The lowest BCUT2D eigenvalue weighted by Gasteiger charge is -2.19. The van der Waals surface area contributed by atoms with Crippen LogP contribution < -0.4 is 5.43 Å². The molecule has 0 unspecified atom stereocenters. The Bertz CT molecular complexity index is 1290. The Hall–Kier alpha value is -3.73. The third-order valence-electron chi connectivity index (χ3n) is 4.81. The summed E-state index contributed by atoms with van der Waals surface area (Å²) in [5.41, 5.74) is 0.685. The van der Waals surface area contributed by atoms with Gasteiger partial charge >= 0.3 is 0 Å². The van der Waals surface area contributed by atoms with E-state index < -0.39 is 11.6 Å². The Morgan fingerprint density at radius 3 is 2.50 bits per heavy atom. The maximum Gasteiger partial charge on any atom is 0.202 e. The van der Waals surface area contributed by atoms with E-state index in [1.54, 1.807) is 13.0 Å². The predicted molar refractivity (Wildman–Crippen MR) is 106 cm³/mol. The Labute approximate surface area is 160 Å². The molecule has 0 atom stereocenters. The predicted octanol–water partition coefficient (Wildman–Crippen LogP) is 4.25. The molecule has 0 amide bonds. The molecule has 1 aliphatic carbocycles. The van der Waals surface area contributed by atoms with Gasteiger partial charge in [-0.25, -0.2) is 0 Å². The number of benzene rings is 2. The van der Waals surface area contributed by atoms with Crippen LogP contribution in [0.5, 0.6) is 5.75 Å². The highest BCUT2D eigenvalue weighted by molar-refractivity contribution is 6.32. The molecule has 3 aromatic rings. The number of aromatic hydroxyl groups is 1. The molecule has 5 nitrogen and oxygen atoms in total. The van der Waals surface area contributed by atoms with Crippen LogP contribution in [-0.2, 0) is 0 Å². The molecule has 28 heavy (non-hydrogen) atoms. The van der Waals surface area contributed by atoms with Gasteiger partial charge in [0, 0.05) is 17.2 Å². The van der Waals surface area contributed by atoms with Crippen LogP contribution in [0.3, 0.4) is 0 Å². The molecule has 0 saturated carbocycles. The Balaban J connectivity index is 2.07. The monoisotopic (exact) mass is 372 g/mol. The van der Waals surface area contributed by atoms with E-state index in [2.05, 4.69) is 0 Å². The zero-order valence-corrected chi connectivity index (χ0v) is 15.3. The van der Waals surface area contributed by atoms with Crippen molar-refractivity contribution in [3.63, 3.8) is 0 Å². The van der Waals surface area contributed by atoms with E-state index in [1.165, 1.54) is 36.4 Å². The molecule has 0 aliphatic heterocycles. The van der Waals surface area contributed by atoms with Crippen LogP contribution in [0.15, 0.2) is 63.8 Å². The molecule has 1 aliphatic rings. The van der Waals surface area contributed by atoms with E-state index in [0.717, 1.165) is 0 Å². The van der Waals surface area contributed by atoms with E-state index in [1.807, 2.05) is 19.1 Å². The average molecular weight is 372 g/mol. The van der Waals surface area contributed by atoms with Crippen molar-refractivity contribution in [2.75, 3.05) is 0 Å². The lowest BCUT2D eigenvalue weighted by atomic mass is 9.82. The maximum absolute atomic E-state index is 13.2. The van der Waals surface area contributed by atoms with Gasteiger partial charge in [0.2, 0.25) is 5.78 Å². The fourth-order valence-corrected chi connectivity index (χ4v) is 3.39. The Morgan fingerprint density at radius 1 is 1.00 bits per heavy atom. The van der Waals surface area contributed by atoms with Crippen LogP contribution in [0, 0.1) is 0 Å². The number of carbonyl (C=O) groups is 2. The number of ketones is 2. The van der Waals surface area contributed by atoms with Crippen molar-refractivity contribution in [3.8, 4) is 5.75 Å². The molecule has 1 aromatic heterocycles. The van der Waals surface area contributed by atoms with E-state index >= 15 is 0 Å². The molecule has 5 heteroatoms. The standard InChI is InChI=1S/C23H16O5/c1-3-4-6-12(2)18-11-17(25)13-9-10-15-20(23(13)28-18)22(27)19-14(21(15)26)7-5-8-16(19)24/h3-11,24H,1-2H3. The first-order valence-electron chi connectivity index (χ1n) is 8.76. The van der Waals surface area contributed by atoms with Gasteiger partial charge in [-0.2, -0.15) is 0 Å². The highest BCUT2D eigenvalue weighted by Crippen LogP contribution is 2.36. The smallest absolute Gasteiger partial charge is 0.202 e. The highest BCUT2D eigenvalue weighted by Gasteiger charge is 2.34. The second-order valence-electron chi connectivity index (χ2n) is 6.57. The minimum absolute atomic E-state index is 0.00860. The van der Waals surface area contributed by atoms with Gasteiger partial charge in [0.05, 0.1) is 16.5 Å². The minimum Gasteiger partial charge on any atom is -0.507 e. The Morgan fingerprint density at radius 2 is 1.75 bits per heavy atom. The molecule has 1 heterocycles. The first-order valence-corrected chi connectivity index (χ1v) is 8.76. The molecular weight excluding hydrogens is 356 g/mol. The summed E-state index contributed by atoms with van der Waals surface area (Å²) in [7, 11) is 0. The molecule has 0 spiro atoms. The topological polar surface area (TPSA) is 84.6 Å². The van der Waals surface area contributed by atoms with Gasteiger partial charge in [0.25, 0.3) is 0 Å². The molecule has 4 rings (SSSR count). The first-order chi connectivity index (χ1) is 13.4. The van der Waals surface area contributed by atoms with Crippen LogP contribution in [0.2, 0.25) is 0 Å². The SMILES string of the molecule is CC=CC=C(C)c1cc(=O)c2ccc3c(c2o1)C(=O)c1c(O)cccc1C3=O. The first kappa shape index (κ1) is 17.7. The number of phenols is 1. The van der Waals surface area contributed by atoms with Gasteiger partial charge in [0.1, 0.15) is 11.5 Å². The number of rotatable bonds is 2. The highest BCUT2D eigenvalue weighted by atomic mass is 16.3. The summed E-state index contributed by atoms with van der Waals surface area (Å²) in [5, 5.41) is 10.4. The quantitative estimate of drug-likeness (QED) is 0.532. The van der Waals surface area contributed by atoms with E-state index in [0.29, 0.717) is 11.3 Å². The van der Waals surface area contributed by atoms with E-state index in [-0.39, 0.29) is 44.4 Å². The molecule has 0 radical (unpaired) electrons. The van der Waals surface area contributed by atoms with Gasteiger partial charge in [-0.15, -0.1) is 0 Å². The van der Waals surface area contributed by atoms with Crippen LogP contribution in [0.4, 0.5) is 0 Å². The van der Waals surface area contributed by atoms with Crippen molar-refractivity contribution in [3.05, 3.63) is 92.9 Å². The molecule has 0 fully saturated rings. The number of hydrogen-bond acceptors (Lipinski definition) is 5. The number of phenolic OH excluding ortho intramolecular Hbond substituents is 1. The van der Waals surface area contributed by atoms with Gasteiger partial charge in [-0.05, 0) is 37.6 Å². The van der Waals surface area contributed by atoms with Crippen LogP contribution in [0.25, 0.3) is 16.5 Å². The summed E-state index contributed by atoms with van der Waals surface area (Å²) in [6.45, 7) is 3.65. The molecule has 1 N–H and O–H groups in total. The number of hydrogen-bond donors (Lipinski definition) is 1. The van der Waals surface area contributed by atoms with E-state index in [4.69, 9.17) is 4.42 Å². The summed E-state index contributed by atoms with van der Waals surface area (Å²) >= 11 is 0. The number of fused-ring (bicyclic) bond motifs is 4. The van der Waals surface area contributed by atoms with Crippen molar-refractivity contribution >= 4 is 28.1 Å². The summed E-state index contributed by atoms with van der Waals surface area (Å²) in [5.74, 6) is -0.895. The van der Waals surface area contributed by atoms with Crippen LogP contribution in [-0.4, -0.2) is 16.7 Å². The zero-order valence-electron chi connectivity index (χ0n) is 15.3. The maximum atomic E-state index is 13.2. The summed E-state index contributed by atoms with van der Waals surface area (Å²) in [4.78, 5) is 38.7. The van der Waals surface area contributed by atoms with Crippen molar-refractivity contribution in [2.24, 2.45) is 0 Å². The average Bonchev–Trinajstić information content (AvgIpc) is 2.69. The van der Waals surface area contributed by atoms with Crippen LogP contribution in [0.1, 0.15) is 51.5 Å². The number of carbonyl (C=O) groups excluding carboxylic acids is 2. The largest absolute Gasteiger partial charge is 0.507 e. The zero-order chi connectivity index (χ0) is 20.0. The lowest BCUT2D eigenvalue weighted by Crippen LogP contribution is -2.22. The van der Waals surface area contributed by atoms with Crippen molar-refractivity contribution in [1.82, 2.24) is 0 Å². The molecular formula is C23H16O5. The summed E-state index contributed by atoms with van der Waals surface area (Å²) in [6, 6.07) is 8.69. The third-order valence-corrected chi connectivity index (χ3v) is 4.81. The lowest BCUT2D eigenvalue weighted by molar-refractivity contribution is 0.0977. The van der Waals surface area contributed by atoms with Crippen molar-refractivity contribution in [1.29, 1.82) is 0 Å². The normalized spacial score (nSPS) is 13.9. The van der Waals surface area contributed by atoms with Crippen molar-refractivity contribution in [2.45, 2.75) is 13.8 Å². The molecule has 0 saturated heterocycles. The van der Waals surface area contributed by atoms with Gasteiger partial charge in [0.15, 0.2) is 16.8 Å². The summed E-state index contributed by atoms with van der Waals surface area (Å²) < 4.78 is 5.92. The van der Waals surface area contributed by atoms with Crippen LogP contribution >= 0.6 is 0 Å². The minimum atomic E-state index is -0.538. The van der Waals surface area contributed by atoms with Crippen molar-refractivity contribution < 1.29 is 19.1 Å². The van der Waals surface area contributed by atoms with E-state index in [9.17, 15) is 19.5 Å². The number of allylic oxidation sites excluding steroid dienone is 4. The fraction of sp³-hybridized carbons (Fsp3) is 0.0870. The molecule has 0 bridgehead atoms. The summed E-state index contributed by atoms with van der Waals surface area (Å²) in [6.07, 6.45) is 5.43. The second kappa shape index (κ2) is 6.46. The fourth-order valence-electron chi connectivity index (χ4n) is 3.39.